The first kappa shape index (κ1) is 119. The number of aliphatic hydroxyl groups excluding tert-OH is 1. The maximum absolute atomic E-state index is 13.4. The maximum atomic E-state index is 13.4. The Hall–Kier alpha value is -12.8. The molecule has 6 aromatic carbocycles. The SMILES string of the molecule is CC(C)COC(=O)Cl.CN1CCN(C(=O)[C@@H](CCCCC[C@H]2C[C@@H]2c2ccc(F)cc2)NC(=O)c2ccc(-n3ccnn3)cc2)CC1.CN1CCN(C(=O)[C@H](CCCC(=O)O)NC(=O)c2ccc(-n3ccnn3)cc2)CC1.CN1CCN(C(=O)[C@H](CCCC=O)NC(=O)c2ccc(-n3ccnn3)cc2)CC1.CN1CCN(C(=O)[C@H](CCCCO)NC(=O)c2ccc(-n3ccnn3)cc2)CC1.N[C@@H]1C[C@H]1c1ccc(F)cc1.[B].[H-].[Na+]. The van der Waals surface area contributed by atoms with Gasteiger partial charge in [-0.1, -0.05) is 78.2 Å². The average molecular weight is 2070 g/mol. The van der Waals surface area contributed by atoms with E-state index in [-0.39, 0.29) is 118 Å². The van der Waals surface area contributed by atoms with E-state index in [1.165, 1.54) is 29.7 Å². The van der Waals surface area contributed by atoms with Gasteiger partial charge in [-0.3, -0.25) is 43.2 Å². The molecule has 8 atom stereocenters. The van der Waals surface area contributed by atoms with E-state index in [4.69, 9.17) is 27.5 Å². The van der Waals surface area contributed by atoms with Gasteiger partial charge in [-0.2, -0.15) is 0 Å². The normalized spacial score (nSPS) is 17.2. The predicted molar refractivity (Wildman–Crippen MR) is 550 cm³/mol. The summed E-state index contributed by atoms with van der Waals surface area (Å²) in [4.78, 5) is 151. The van der Waals surface area contributed by atoms with Crippen molar-refractivity contribution in [3.8, 4) is 22.7 Å². The summed E-state index contributed by atoms with van der Waals surface area (Å²) in [6.45, 7) is 16.0. The Morgan fingerprint density at radius 3 is 0.973 bits per heavy atom. The summed E-state index contributed by atoms with van der Waals surface area (Å²) in [6.07, 6.45) is 24.7. The van der Waals surface area contributed by atoms with Gasteiger partial charge in [-0.15, -0.1) is 20.4 Å². The number of amides is 8. The zero-order valence-electron chi connectivity index (χ0n) is 86.3. The molecule has 8 amide bonds. The maximum Gasteiger partial charge on any atom is 1.00 e. The number of unbranched alkanes of at least 4 members (excludes halogenated alkanes) is 4. The molecule has 0 bridgehead atoms. The minimum absolute atomic E-state index is 0. The number of nitrogens with zero attached hydrogens (tertiary/aromatic N) is 20. The van der Waals surface area contributed by atoms with Gasteiger partial charge in [0.25, 0.3) is 23.6 Å². The van der Waals surface area contributed by atoms with Gasteiger partial charge >= 0.3 is 41.0 Å². The number of carboxylic acid groups (broad SMARTS) is 1. The number of nitrogens with one attached hydrogen (secondary N) is 4. The molecule has 4 aromatic heterocycles. The number of nitrogens with two attached hydrogens (primary N) is 1. The number of rotatable bonds is 38. The summed E-state index contributed by atoms with van der Waals surface area (Å²) < 4.78 is 36.5. The molecule has 0 spiro atoms. The van der Waals surface area contributed by atoms with Crippen LogP contribution in [-0.2, 0) is 33.5 Å². The number of aldehydes is 1. The van der Waals surface area contributed by atoms with Crippen LogP contribution >= 0.6 is 11.6 Å². The number of hydrogen-bond donors (Lipinski definition) is 7. The number of carbonyl (C=O) groups excluding carboxylic acids is 10. The van der Waals surface area contributed by atoms with Crippen molar-refractivity contribution in [2.24, 2.45) is 17.6 Å². The Morgan fingerprint density at radius 2 is 0.716 bits per heavy atom. The number of ether oxygens (including phenoxy) is 1. The molecule has 2 saturated carbocycles. The van der Waals surface area contributed by atoms with E-state index in [0.717, 1.165) is 113 Å². The quantitative estimate of drug-likeness (QED) is 0.0107. The number of aliphatic hydroxyl groups is 1. The van der Waals surface area contributed by atoms with E-state index < -0.39 is 35.6 Å². The molecule has 0 unspecified atom stereocenters. The summed E-state index contributed by atoms with van der Waals surface area (Å²) in [5, 5.41) is 60.4. The molecule has 10 aromatic rings. The number of likely N-dealkylation sites (N-methyl/N-ethyl adjacent to an activating group) is 4. The van der Waals surface area contributed by atoms with Gasteiger partial charge in [0.15, 0.2) is 0 Å². The zero-order valence-corrected chi connectivity index (χ0v) is 88.1. The topological polar surface area (TPSA) is 460 Å². The molecule has 787 valence electrons. The number of carbonyl (C=O) groups is 11. The number of hydrogen-bond acceptors (Lipinski definition) is 26. The fourth-order valence-electron chi connectivity index (χ4n) is 16.9. The van der Waals surface area contributed by atoms with Crippen molar-refractivity contribution in [2.45, 2.75) is 159 Å². The second-order valence-corrected chi connectivity index (χ2v) is 37.9. The van der Waals surface area contributed by atoms with Crippen LogP contribution in [0.4, 0.5) is 13.6 Å². The Balaban J connectivity index is 0.000000228. The third kappa shape index (κ3) is 39.1. The molecule has 16 rings (SSSR count). The molecule has 39 nitrogen and oxygen atoms in total. The first-order valence-electron chi connectivity index (χ1n) is 49.8. The zero-order chi connectivity index (χ0) is 104. The summed E-state index contributed by atoms with van der Waals surface area (Å²) >= 11 is 4.86. The largest absolute Gasteiger partial charge is 1.00 e. The van der Waals surface area contributed by atoms with Crippen LogP contribution in [0.5, 0.6) is 0 Å². The summed E-state index contributed by atoms with van der Waals surface area (Å²) in [6, 6.07) is 39.1. The minimum Gasteiger partial charge on any atom is -1.00 e. The number of piperazine rings is 4. The van der Waals surface area contributed by atoms with Gasteiger partial charge in [0, 0.05) is 178 Å². The Bertz CT molecular complexity index is 5700. The van der Waals surface area contributed by atoms with Gasteiger partial charge < -0.3 is 87.4 Å². The van der Waals surface area contributed by atoms with Crippen LogP contribution in [-0.4, -0.2) is 359 Å². The number of aliphatic carboxylic acids is 1. The van der Waals surface area contributed by atoms with Crippen molar-refractivity contribution in [1.29, 1.82) is 0 Å². The van der Waals surface area contributed by atoms with E-state index in [2.05, 4.69) is 93.9 Å². The molecule has 6 aliphatic rings. The first-order valence-corrected chi connectivity index (χ1v) is 50.2. The smallest absolute Gasteiger partial charge is 1.00 e. The molecule has 8 heterocycles. The van der Waals surface area contributed by atoms with Crippen molar-refractivity contribution in [3.63, 3.8) is 0 Å². The number of carboxylic acids is 1. The van der Waals surface area contributed by atoms with E-state index in [1.54, 1.807) is 175 Å². The van der Waals surface area contributed by atoms with Crippen LogP contribution in [0.15, 0.2) is 195 Å². The molecular weight excluding hydrogens is 1930 g/mol. The summed E-state index contributed by atoms with van der Waals surface area (Å²) in [5.74, 6) is -0.739. The van der Waals surface area contributed by atoms with Crippen LogP contribution in [0.2, 0.25) is 0 Å². The van der Waals surface area contributed by atoms with Crippen LogP contribution in [0.1, 0.15) is 182 Å². The standard InChI is InChI=1S/C30H37FN6O2.C20H26N6O4.C20H28N6O3.C20H26N6O3.C9H10FN.C5H9ClO2.B.Na.H/c1-35-17-19-36(20-18-35)30(39)28(33-29(38)23-9-13-26(14-10-23)37-16-15-32-34-37)6-4-2-3-5-24-21-27(24)22-7-11-25(31)12-8-22;1-24-11-13-25(14-12-24)20(30)17(3-2-4-18(27)28)22-19(29)15-5-7-16(8-6-15)26-10-9-21-23-26;2*1-24-11-13-25(14-12-24)20(29)18(4-2-3-15-27)22-19(28)16-5-7-17(8-6-16)26-10-9-21-23-26;10-7-3-1-6(2-4-7)8-5-9(8)11;1-4(2)3-8-5(6)7;;;/h7-16,24,27-28H,2-6,17-21H2,1H3,(H,33,38);5-10,17H,2-4,11-14H2,1H3,(H,22,29)(H,27,28);5-10,18,27H,2-4,11-15H2,1H3,(H,22,28);5-10,15,18H,2-4,11-14H2,1H3,(H,22,28);1-4,8-9H,5,11H2;4H,3H2,1-2H3;;;/q;;;;;;;+1;-1/t24-,27+,28+;17-;2*18-;8-,9+;;;;/m00000..../s1. The van der Waals surface area contributed by atoms with Gasteiger partial charge in [-0.05, 0) is 249 Å². The van der Waals surface area contributed by atoms with Gasteiger partial charge in [-0.25, -0.2) is 32.3 Å². The molecule has 148 heavy (non-hydrogen) atoms. The van der Waals surface area contributed by atoms with Crippen LogP contribution in [0, 0.1) is 23.5 Å². The predicted octanol–water partition coefficient (Wildman–Crippen LogP) is 5.63. The third-order valence-electron chi connectivity index (χ3n) is 26.0. The van der Waals surface area contributed by atoms with Gasteiger partial charge in [0.05, 0.1) is 78.9 Å². The van der Waals surface area contributed by atoms with E-state index in [0.29, 0.717) is 162 Å². The van der Waals surface area contributed by atoms with Gasteiger partial charge in [0.1, 0.15) is 42.1 Å². The average Bonchev–Trinajstić information content (AvgIpc) is 1.65. The second-order valence-electron chi connectivity index (χ2n) is 37.6. The Kier molecular flexibility index (Phi) is 49.7. The fourth-order valence-corrected chi connectivity index (χ4v) is 17.0. The Morgan fingerprint density at radius 1 is 0.426 bits per heavy atom. The van der Waals surface area contributed by atoms with Crippen molar-refractivity contribution in [1.82, 2.24) is 120 Å². The summed E-state index contributed by atoms with van der Waals surface area (Å²) in [5.41, 5.74) is 12.3. The minimum atomic E-state index is -0.921. The second kappa shape index (κ2) is 61.9. The van der Waals surface area contributed by atoms with E-state index in [9.17, 15) is 61.5 Å². The molecular formula is C104H137BClF2N25NaO14. The Labute approximate surface area is 892 Å². The number of benzene rings is 6. The third-order valence-corrected chi connectivity index (χ3v) is 26.1. The van der Waals surface area contributed by atoms with E-state index in [1.807, 2.05) is 81.2 Å². The molecule has 4 saturated heterocycles. The summed E-state index contributed by atoms with van der Waals surface area (Å²) in [7, 11) is 8.11. The van der Waals surface area contributed by atoms with Crippen molar-refractivity contribution < 1.29 is 107 Å². The first-order chi connectivity index (χ1) is 70.5. The fraction of sp³-hybridized carbons (Fsp3) is 0.471. The van der Waals surface area contributed by atoms with Crippen molar-refractivity contribution >= 4 is 85.0 Å². The number of halogens is 3. The molecule has 6 fully saturated rings. The molecule has 4 aliphatic heterocycles. The van der Waals surface area contributed by atoms with Crippen LogP contribution in [0.25, 0.3) is 22.7 Å². The van der Waals surface area contributed by atoms with Crippen molar-refractivity contribution in [2.75, 3.05) is 146 Å². The molecule has 2 aliphatic carbocycles. The monoisotopic (exact) mass is 2070 g/mol. The van der Waals surface area contributed by atoms with Crippen LogP contribution in [0.3, 0.4) is 0 Å². The van der Waals surface area contributed by atoms with Crippen LogP contribution < -0.4 is 56.6 Å². The molecule has 44 heteroatoms. The van der Waals surface area contributed by atoms with Gasteiger partial charge in [0.2, 0.25) is 23.6 Å². The number of aromatic nitrogens is 12. The molecule has 8 N–H and O–H groups in total. The molecule has 3 radical (unpaired) electrons. The van der Waals surface area contributed by atoms with Crippen molar-refractivity contribution in [3.05, 3.63) is 240 Å². The van der Waals surface area contributed by atoms with E-state index >= 15 is 0 Å².